The van der Waals surface area contributed by atoms with E-state index in [4.69, 9.17) is 24.3 Å². The molecule has 1 aromatic rings. The predicted molar refractivity (Wildman–Crippen MR) is 85.4 cm³/mol. The molecule has 0 radical (unpaired) electrons. The highest BCUT2D eigenvalue weighted by Crippen LogP contribution is 2.59. The third-order valence-corrected chi connectivity index (χ3v) is 6.27. The minimum Gasteiger partial charge on any atom is -0.490 e. The van der Waals surface area contributed by atoms with Gasteiger partial charge in [0.15, 0.2) is 11.6 Å². The van der Waals surface area contributed by atoms with Crippen LogP contribution in [0.5, 0.6) is 5.75 Å². The lowest BCUT2D eigenvalue weighted by Crippen LogP contribution is -2.21. The second-order valence-electron chi connectivity index (χ2n) is 4.96. The number of hydrogen-bond acceptors (Lipinski definition) is 5. The first-order valence-electron chi connectivity index (χ1n) is 7.11. The van der Waals surface area contributed by atoms with Crippen LogP contribution in [0.4, 0.5) is 5.82 Å². The quantitative estimate of drug-likeness (QED) is 0.309. The summed E-state index contributed by atoms with van der Waals surface area (Å²) in [5.41, 5.74) is -2.37. The van der Waals surface area contributed by atoms with Gasteiger partial charge in [0, 0.05) is 6.20 Å². The van der Waals surface area contributed by atoms with Crippen molar-refractivity contribution in [1.29, 1.82) is 0 Å². The number of unbranched alkanes of at least 4 members (excludes halogenated alkanes) is 3. The molecule has 0 saturated heterocycles. The molecule has 0 bridgehead atoms. The molecule has 0 aliphatic heterocycles. The Bertz CT molecular complexity index is 565. The van der Waals surface area contributed by atoms with Gasteiger partial charge in [-0.05, 0) is 18.6 Å². The van der Waals surface area contributed by atoms with Crippen molar-refractivity contribution in [2.45, 2.75) is 38.1 Å². The highest BCUT2D eigenvalue weighted by atomic mass is 31.2. The molecule has 0 saturated carbocycles. The van der Waals surface area contributed by atoms with Crippen LogP contribution in [0.15, 0.2) is 18.3 Å². The smallest absolute Gasteiger partial charge is 0.360 e. The molecule has 1 aromatic heterocycles. The first-order valence-corrected chi connectivity index (χ1v) is 10.5. The topological polar surface area (TPSA) is 149 Å². The second kappa shape index (κ2) is 8.78. The van der Waals surface area contributed by atoms with Gasteiger partial charge in [-0.15, -0.1) is 0 Å². The van der Waals surface area contributed by atoms with Crippen molar-refractivity contribution in [1.82, 2.24) is 4.98 Å². The van der Waals surface area contributed by atoms with E-state index in [0.29, 0.717) is 6.61 Å². The lowest BCUT2D eigenvalue weighted by atomic mass is 10.2. The van der Waals surface area contributed by atoms with Gasteiger partial charge in [0.1, 0.15) is 0 Å². The minimum atomic E-state index is -5.09. The van der Waals surface area contributed by atoms with Crippen molar-refractivity contribution in [3.63, 3.8) is 0 Å². The van der Waals surface area contributed by atoms with Crippen LogP contribution in [-0.2, 0) is 9.13 Å². The molecule has 0 aromatic carbocycles. The average molecular weight is 368 g/mol. The molecule has 0 unspecified atom stereocenters. The maximum Gasteiger partial charge on any atom is 0.360 e. The summed E-state index contributed by atoms with van der Waals surface area (Å²) in [7, 11) is -10.2. The van der Waals surface area contributed by atoms with E-state index in [1.807, 2.05) is 0 Å². The van der Waals surface area contributed by atoms with Gasteiger partial charge in [0.25, 0.3) is 0 Å². The van der Waals surface area contributed by atoms with Crippen molar-refractivity contribution >= 4 is 21.0 Å². The van der Waals surface area contributed by atoms with Crippen LogP contribution in [-0.4, -0.2) is 36.7 Å². The summed E-state index contributed by atoms with van der Waals surface area (Å²) in [6.45, 7) is 2.45. The van der Waals surface area contributed by atoms with Crippen LogP contribution in [0.3, 0.4) is 0 Å². The van der Waals surface area contributed by atoms with Crippen molar-refractivity contribution in [2.24, 2.45) is 0 Å². The number of ether oxygens (including phenoxy) is 1. The lowest BCUT2D eigenvalue weighted by molar-refractivity contribution is 0.305. The number of aromatic nitrogens is 1. The van der Waals surface area contributed by atoms with Crippen molar-refractivity contribution in [2.75, 3.05) is 11.9 Å². The van der Waals surface area contributed by atoms with Crippen LogP contribution < -0.4 is 10.1 Å². The summed E-state index contributed by atoms with van der Waals surface area (Å²) in [5, 5.41) is 2.12. The van der Waals surface area contributed by atoms with Gasteiger partial charge >= 0.3 is 15.2 Å². The molecule has 0 amide bonds. The van der Waals surface area contributed by atoms with Crippen molar-refractivity contribution < 1.29 is 33.4 Å². The molecule has 23 heavy (non-hydrogen) atoms. The Balaban J connectivity index is 2.83. The van der Waals surface area contributed by atoms with E-state index in [-0.39, 0.29) is 11.6 Å². The van der Waals surface area contributed by atoms with Crippen molar-refractivity contribution in [3.8, 4) is 5.75 Å². The summed E-state index contributed by atoms with van der Waals surface area (Å²) in [6, 6.07) is 3.06. The molecule has 0 aliphatic carbocycles. The Hall–Kier alpha value is -0.950. The summed E-state index contributed by atoms with van der Waals surface area (Å²) in [6.07, 6.45) is 5.24. The molecule has 9 nitrogen and oxygen atoms in total. The number of anilines is 1. The van der Waals surface area contributed by atoms with E-state index >= 15 is 0 Å². The number of nitrogens with one attached hydrogen (secondary N) is 1. The molecule has 5 N–H and O–H groups in total. The maximum absolute atomic E-state index is 11.3. The number of hydrogen-bond donors (Lipinski definition) is 5. The molecule has 11 heteroatoms. The Morgan fingerprint density at radius 3 is 2.39 bits per heavy atom. The highest BCUT2D eigenvalue weighted by molar-refractivity contribution is 7.71. The molecule has 0 aliphatic rings. The first kappa shape index (κ1) is 20.1. The molecule has 132 valence electrons. The third-order valence-electron chi connectivity index (χ3n) is 2.93. The van der Waals surface area contributed by atoms with Crippen LogP contribution in [0.2, 0.25) is 0 Å². The molecule has 0 atom stereocenters. The molecular formula is C12H22N2O7P2. The zero-order valence-electron chi connectivity index (χ0n) is 12.7. The van der Waals surface area contributed by atoms with Crippen LogP contribution >= 0.6 is 15.2 Å². The normalized spacial score (nSPS) is 12.4. The van der Waals surface area contributed by atoms with E-state index in [1.165, 1.54) is 12.3 Å². The summed E-state index contributed by atoms with van der Waals surface area (Å²) in [4.78, 5) is 40.3. The lowest BCUT2D eigenvalue weighted by Gasteiger charge is -2.22. The Labute approximate surface area is 134 Å². The zero-order valence-corrected chi connectivity index (χ0v) is 14.5. The minimum absolute atomic E-state index is 0.125. The average Bonchev–Trinajstić information content (AvgIpc) is 2.43. The van der Waals surface area contributed by atoms with Gasteiger partial charge in [-0.3, -0.25) is 9.13 Å². The van der Waals surface area contributed by atoms with Crippen LogP contribution in [0, 0.1) is 0 Å². The second-order valence-corrected chi connectivity index (χ2v) is 8.75. The largest absolute Gasteiger partial charge is 0.490 e. The molecule has 0 fully saturated rings. The van der Waals surface area contributed by atoms with E-state index in [2.05, 4.69) is 17.2 Å². The van der Waals surface area contributed by atoms with Gasteiger partial charge < -0.3 is 29.6 Å². The van der Waals surface area contributed by atoms with Crippen molar-refractivity contribution in [3.05, 3.63) is 18.3 Å². The fourth-order valence-electron chi connectivity index (χ4n) is 1.81. The number of rotatable bonds is 10. The molecule has 1 rings (SSSR count). The predicted octanol–water partition coefficient (Wildman–Crippen LogP) is 2.09. The highest BCUT2D eigenvalue weighted by Gasteiger charge is 2.44. The fourth-order valence-corrected chi connectivity index (χ4v) is 3.96. The molecular weight excluding hydrogens is 346 g/mol. The fraction of sp³-hybridized carbons (Fsp3) is 0.583. The van der Waals surface area contributed by atoms with Gasteiger partial charge in [0.05, 0.1) is 6.61 Å². The maximum atomic E-state index is 11.3. The van der Waals surface area contributed by atoms with Gasteiger partial charge in [-0.1, -0.05) is 26.2 Å². The van der Waals surface area contributed by atoms with Gasteiger partial charge in [-0.2, -0.15) is 0 Å². The van der Waals surface area contributed by atoms with Crippen LogP contribution in [0.1, 0.15) is 32.6 Å². The Morgan fingerprint density at radius 1 is 1.17 bits per heavy atom. The van der Waals surface area contributed by atoms with E-state index in [0.717, 1.165) is 25.7 Å². The zero-order chi connectivity index (χ0) is 17.5. The summed E-state index contributed by atoms with van der Waals surface area (Å²) in [5.74, 6) is 0.0514. The monoisotopic (exact) mass is 368 g/mol. The number of nitrogens with zero attached hydrogens (tertiary/aromatic N) is 1. The number of pyridine rings is 1. The summed E-state index contributed by atoms with van der Waals surface area (Å²) >= 11 is 0. The van der Waals surface area contributed by atoms with E-state index < -0.39 is 20.7 Å². The SMILES string of the molecule is CCCCCCOc1cccnc1NC(P(=O)(O)O)P(=O)(O)O. The van der Waals surface area contributed by atoms with E-state index in [9.17, 15) is 9.13 Å². The Morgan fingerprint density at radius 2 is 1.83 bits per heavy atom. The first-order chi connectivity index (χ1) is 10.7. The molecule has 0 spiro atoms. The standard InChI is InChI=1S/C12H22N2O7P2/c1-2-3-4-5-9-21-10-7-6-8-13-11(10)14-12(22(15,16)17)23(18,19)20/h6-8,12H,2-5,9H2,1H3,(H,13,14)(H2,15,16,17)(H2,18,19,20). The van der Waals surface area contributed by atoms with Gasteiger partial charge in [0.2, 0.25) is 5.52 Å². The Kier molecular flexibility index (Phi) is 7.67. The third kappa shape index (κ3) is 6.99. The van der Waals surface area contributed by atoms with E-state index in [1.54, 1.807) is 6.07 Å². The van der Waals surface area contributed by atoms with Crippen LogP contribution in [0.25, 0.3) is 0 Å². The van der Waals surface area contributed by atoms with Gasteiger partial charge in [-0.25, -0.2) is 4.98 Å². The summed E-state index contributed by atoms with van der Waals surface area (Å²) < 4.78 is 28.1. The molecule has 1 heterocycles.